The minimum atomic E-state index is -0.366. The van der Waals surface area contributed by atoms with Crippen molar-refractivity contribution in [3.8, 4) is 17.0 Å². The summed E-state index contributed by atoms with van der Waals surface area (Å²) in [5.74, 6) is 0.750. The Morgan fingerprint density at radius 1 is 1.26 bits per heavy atom. The predicted molar refractivity (Wildman–Crippen MR) is 137 cm³/mol. The Morgan fingerprint density at radius 2 is 2.09 bits per heavy atom. The molecule has 0 saturated heterocycles. The predicted octanol–water partition coefficient (Wildman–Crippen LogP) is 3.62. The summed E-state index contributed by atoms with van der Waals surface area (Å²) in [5.41, 5.74) is 7.02. The molecule has 4 heterocycles. The summed E-state index contributed by atoms with van der Waals surface area (Å²) in [5, 5.41) is 27.9. The lowest BCUT2D eigenvalue weighted by atomic mass is 10.0. The lowest BCUT2D eigenvalue weighted by Gasteiger charge is -2.22. The number of nitrogens with one attached hydrogen (secondary N) is 1. The number of rotatable bonds is 3. The van der Waals surface area contributed by atoms with Crippen LogP contribution in [0.25, 0.3) is 34.2 Å². The molecule has 1 aromatic carbocycles. The van der Waals surface area contributed by atoms with Crippen LogP contribution < -0.4 is 4.74 Å². The second kappa shape index (κ2) is 9.31. The van der Waals surface area contributed by atoms with E-state index < -0.39 is 0 Å². The van der Waals surface area contributed by atoms with E-state index in [0.717, 1.165) is 57.1 Å². The summed E-state index contributed by atoms with van der Waals surface area (Å²) in [6.45, 7) is 8.06. The summed E-state index contributed by atoms with van der Waals surface area (Å²) in [7, 11) is 3.99. The second-order valence-corrected chi connectivity index (χ2v) is 9.62. The van der Waals surface area contributed by atoms with Gasteiger partial charge in [-0.25, -0.2) is 4.68 Å². The van der Waals surface area contributed by atoms with Crippen LogP contribution in [-0.4, -0.2) is 65.6 Å². The number of ether oxygens (including phenoxy) is 1. The average molecular weight is 476 g/mol. The van der Waals surface area contributed by atoms with Gasteiger partial charge in [0, 0.05) is 43.3 Å². The Balaban J connectivity index is 1.63. The molecule has 35 heavy (non-hydrogen) atoms. The Labute approximate surface area is 205 Å². The molecule has 1 unspecified atom stereocenters. The minimum absolute atomic E-state index is 0.0510. The van der Waals surface area contributed by atoms with Gasteiger partial charge in [-0.05, 0) is 64.1 Å². The van der Waals surface area contributed by atoms with Crippen LogP contribution in [0.3, 0.4) is 0 Å². The third-order valence-corrected chi connectivity index (χ3v) is 6.58. The topological polar surface area (TPSA) is 97.0 Å². The number of H-pyrrole nitrogens is 1. The van der Waals surface area contributed by atoms with Gasteiger partial charge in [-0.1, -0.05) is 6.07 Å². The van der Waals surface area contributed by atoms with Crippen LogP contribution >= 0.6 is 0 Å². The first-order chi connectivity index (χ1) is 16.8. The maximum atomic E-state index is 9.79. The number of aromatic amines is 1. The van der Waals surface area contributed by atoms with Crippen LogP contribution in [-0.2, 0) is 20.1 Å². The molecule has 5 rings (SSSR count). The average Bonchev–Trinajstić information content (AvgIpc) is 3.46. The van der Waals surface area contributed by atoms with Crippen LogP contribution in [0.15, 0.2) is 24.4 Å². The van der Waals surface area contributed by atoms with Crippen molar-refractivity contribution in [2.75, 3.05) is 13.6 Å². The molecular weight excluding hydrogens is 442 g/mol. The quantitative estimate of drug-likeness (QED) is 0.470. The SMILES string of the molecule is Cc1c2c(nn1CCC(C)O)CN(C)C[C@H](C)Oc1c(cnn1C)-c1ccc3n[nH]c(c3c1)C=C2. The van der Waals surface area contributed by atoms with Gasteiger partial charge in [0.15, 0.2) is 0 Å². The van der Waals surface area contributed by atoms with Crippen molar-refractivity contribution in [2.45, 2.75) is 52.5 Å². The number of aromatic nitrogens is 6. The fraction of sp³-hybridized carbons (Fsp3) is 0.423. The van der Waals surface area contributed by atoms with Crippen LogP contribution in [0, 0.1) is 6.92 Å². The Hall–Kier alpha value is -3.43. The molecule has 9 heteroatoms. The summed E-state index contributed by atoms with van der Waals surface area (Å²) >= 11 is 0. The van der Waals surface area contributed by atoms with Crippen molar-refractivity contribution >= 4 is 23.1 Å². The van der Waals surface area contributed by atoms with Crippen molar-refractivity contribution in [3.05, 3.63) is 47.0 Å². The van der Waals surface area contributed by atoms with Crippen LogP contribution in [0.5, 0.6) is 5.88 Å². The first kappa shape index (κ1) is 23.3. The summed E-state index contributed by atoms with van der Waals surface area (Å²) in [6.07, 6.45) is 6.30. The van der Waals surface area contributed by atoms with Crippen molar-refractivity contribution in [2.24, 2.45) is 7.05 Å². The van der Waals surface area contributed by atoms with Gasteiger partial charge < -0.3 is 9.84 Å². The first-order valence-corrected chi connectivity index (χ1v) is 12.1. The van der Waals surface area contributed by atoms with Gasteiger partial charge in [0.25, 0.3) is 0 Å². The maximum Gasteiger partial charge on any atom is 0.219 e. The van der Waals surface area contributed by atoms with Crippen molar-refractivity contribution in [1.29, 1.82) is 0 Å². The molecule has 1 aliphatic heterocycles. The number of fused-ring (bicyclic) bond motifs is 4. The number of nitrogens with zero attached hydrogens (tertiary/aromatic N) is 6. The molecule has 3 aromatic heterocycles. The summed E-state index contributed by atoms with van der Waals surface area (Å²) in [6, 6.07) is 6.22. The van der Waals surface area contributed by atoms with E-state index in [2.05, 4.69) is 65.4 Å². The molecule has 0 fully saturated rings. The number of hydrogen-bond donors (Lipinski definition) is 2. The highest BCUT2D eigenvalue weighted by atomic mass is 16.5. The van der Waals surface area contributed by atoms with Gasteiger partial charge in [0.1, 0.15) is 6.10 Å². The number of likely N-dealkylation sites (N-methyl/N-ethyl adjacent to an activating group) is 1. The zero-order chi connectivity index (χ0) is 24.7. The fourth-order valence-electron chi connectivity index (χ4n) is 4.73. The molecule has 1 aliphatic rings. The fourth-order valence-corrected chi connectivity index (χ4v) is 4.73. The van der Waals surface area contributed by atoms with Gasteiger partial charge in [0.2, 0.25) is 5.88 Å². The van der Waals surface area contributed by atoms with Gasteiger partial charge in [-0.3, -0.25) is 14.7 Å². The number of hydrogen-bond acceptors (Lipinski definition) is 6. The van der Waals surface area contributed by atoms with Gasteiger partial charge in [-0.15, -0.1) is 0 Å². The molecule has 4 aromatic rings. The van der Waals surface area contributed by atoms with E-state index in [1.807, 2.05) is 30.9 Å². The molecule has 2 atom stereocenters. The van der Waals surface area contributed by atoms with Gasteiger partial charge in [0.05, 0.1) is 34.8 Å². The van der Waals surface area contributed by atoms with Gasteiger partial charge >= 0.3 is 0 Å². The highest BCUT2D eigenvalue weighted by molar-refractivity contribution is 5.93. The number of aliphatic hydroxyl groups is 1. The Morgan fingerprint density at radius 3 is 2.89 bits per heavy atom. The zero-order valence-electron chi connectivity index (χ0n) is 21.0. The second-order valence-electron chi connectivity index (χ2n) is 9.62. The molecular formula is C26H33N7O2. The lowest BCUT2D eigenvalue weighted by Crippen LogP contribution is -2.31. The maximum absolute atomic E-state index is 9.79. The molecule has 0 saturated carbocycles. The van der Waals surface area contributed by atoms with Gasteiger partial charge in [-0.2, -0.15) is 15.3 Å². The number of aliphatic hydroxyl groups excluding tert-OH is 1. The zero-order valence-corrected chi connectivity index (χ0v) is 21.0. The molecule has 2 N–H and O–H groups in total. The molecule has 0 aliphatic carbocycles. The molecule has 9 nitrogen and oxygen atoms in total. The summed E-state index contributed by atoms with van der Waals surface area (Å²) in [4.78, 5) is 2.23. The van der Waals surface area contributed by atoms with E-state index in [-0.39, 0.29) is 12.2 Å². The van der Waals surface area contributed by atoms with E-state index >= 15 is 0 Å². The monoisotopic (exact) mass is 475 g/mol. The third kappa shape index (κ3) is 4.61. The van der Waals surface area contributed by atoms with E-state index in [9.17, 15) is 5.11 Å². The standard InChI is InChI=1S/C26H33N7O2/c1-16(34)10-11-33-18(3)20-7-9-24-21-12-19(6-8-23(21)28-29-24)22-13-27-32(5)26(22)35-17(2)14-31(4)15-25(20)30-33/h6-9,12-13,16-17,34H,10-11,14-15H2,1-5H3,(H,28,29)/t16?,17-/m0/s1. The largest absolute Gasteiger partial charge is 0.473 e. The molecule has 0 radical (unpaired) electrons. The highest BCUT2D eigenvalue weighted by Crippen LogP contribution is 2.33. The Bertz CT molecular complexity index is 1380. The Kier molecular flexibility index (Phi) is 6.21. The molecule has 184 valence electrons. The lowest BCUT2D eigenvalue weighted by molar-refractivity contribution is 0.147. The van der Waals surface area contributed by atoms with Crippen LogP contribution in [0.2, 0.25) is 0 Å². The van der Waals surface area contributed by atoms with E-state index in [1.54, 1.807) is 4.68 Å². The van der Waals surface area contributed by atoms with Crippen LogP contribution in [0.1, 0.15) is 42.9 Å². The van der Waals surface area contributed by atoms with E-state index in [1.165, 1.54) is 0 Å². The van der Waals surface area contributed by atoms with Crippen molar-refractivity contribution in [1.82, 2.24) is 34.7 Å². The molecule has 2 bridgehead atoms. The summed E-state index contributed by atoms with van der Waals surface area (Å²) < 4.78 is 10.2. The van der Waals surface area contributed by atoms with E-state index in [0.29, 0.717) is 19.5 Å². The number of benzene rings is 1. The minimum Gasteiger partial charge on any atom is -0.473 e. The van der Waals surface area contributed by atoms with E-state index in [4.69, 9.17) is 9.84 Å². The molecule has 0 amide bonds. The van der Waals surface area contributed by atoms with Crippen molar-refractivity contribution in [3.63, 3.8) is 0 Å². The van der Waals surface area contributed by atoms with Crippen LogP contribution in [0.4, 0.5) is 0 Å². The normalized spacial score (nSPS) is 17.6. The smallest absolute Gasteiger partial charge is 0.219 e. The first-order valence-electron chi connectivity index (χ1n) is 12.1. The highest BCUT2D eigenvalue weighted by Gasteiger charge is 2.20. The third-order valence-electron chi connectivity index (χ3n) is 6.58. The van der Waals surface area contributed by atoms with Crippen molar-refractivity contribution < 1.29 is 9.84 Å². The number of aryl methyl sites for hydroxylation is 2. The molecule has 0 spiro atoms.